The Kier molecular flexibility index (Phi) is 8.11. The fourth-order valence-electron chi connectivity index (χ4n) is 1.27. The number of methoxy groups -OCH3 is 1. The Balaban J connectivity index is 0.00000289. The zero-order valence-corrected chi connectivity index (χ0v) is 11.4. The average molecular weight is 275 g/mol. The van der Waals surface area contributed by atoms with Crippen LogP contribution in [0.2, 0.25) is 0 Å². The summed E-state index contributed by atoms with van der Waals surface area (Å²) in [6, 6.07) is 5.37. The van der Waals surface area contributed by atoms with Crippen LogP contribution >= 0.6 is 12.4 Å². The van der Waals surface area contributed by atoms with Gasteiger partial charge in [-0.1, -0.05) is 6.07 Å². The normalized spacial score (nSPS) is 9.67. The number of hydrogen-bond acceptors (Lipinski definition) is 4. The molecule has 6 heteroatoms. The van der Waals surface area contributed by atoms with Crippen LogP contribution in [0.5, 0.6) is 0 Å². The van der Waals surface area contributed by atoms with Gasteiger partial charge in [-0.15, -0.1) is 12.4 Å². The lowest BCUT2D eigenvalue weighted by Gasteiger charge is -2.09. The van der Waals surface area contributed by atoms with Crippen molar-refractivity contribution in [2.75, 3.05) is 38.0 Å². The van der Waals surface area contributed by atoms with Crippen molar-refractivity contribution in [2.24, 2.45) is 0 Å². The maximum absolute atomic E-state index is 11.5. The van der Waals surface area contributed by atoms with E-state index in [-0.39, 0.29) is 24.9 Å². The molecule has 3 N–H and O–H groups in total. The predicted octanol–water partition coefficient (Wildman–Crippen LogP) is 1.60. The Labute approximate surface area is 113 Å². The van der Waals surface area contributed by atoms with E-state index >= 15 is 0 Å². The molecular weight excluding hydrogens is 256 g/mol. The number of carbonyl (C=O) groups excluding carboxylic acids is 1. The maximum Gasteiger partial charge on any atom is 0.250 e. The van der Waals surface area contributed by atoms with Crippen LogP contribution in [0, 0.1) is 6.92 Å². The lowest BCUT2D eigenvalue weighted by Crippen LogP contribution is -2.20. The number of nitrogens with two attached hydrogens (primary N) is 1. The second-order valence-electron chi connectivity index (χ2n) is 3.67. The number of amides is 1. The highest BCUT2D eigenvalue weighted by Gasteiger charge is 2.05. The van der Waals surface area contributed by atoms with E-state index < -0.39 is 0 Å². The molecule has 0 unspecified atom stereocenters. The van der Waals surface area contributed by atoms with Gasteiger partial charge in [-0.2, -0.15) is 0 Å². The first-order chi connectivity index (χ1) is 8.13. The molecule has 0 fully saturated rings. The number of rotatable bonds is 6. The number of benzene rings is 1. The molecule has 0 saturated carbocycles. The highest BCUT2D eigenvalue weighted by atomic mass is 35.5. The second-order valence-corrected chi connectivity index (χ2v) is 3.67. The summed E-state index contributed by atoms with van der Waals surface area (Å²) in [5.74, 6) is -0.199. The van der Waals surface area contributed by atoms with Crippen LogP contribution in [0.1, 0.15) is 5.56 Å². The molecule has 0 bridgehead atoms. The minimum absolute atomic E-state index is 0. The Morgan fingerprint density at radius 3 is 2.78 bits per heavy atom. The largest absolute Gasteiger partial charge is 0.399 e. The third-order valence-electron chi connectivity index (χ3n) is 2.20. The van der Waals surface area contributed by atoms with Gasteiger partial charge in [0.1, 0.15) is 6.61 Å². The van der Waals surface area contributed by atoms with E-state index in [0.717, 1.165) is 5.56 Å². The Bertz CT molecular complexity index is 386. The first kappa shape index (κ1) is 16.7. The first-order valence-electron chi connectivity index (χ1n) is 5.36. The molecule has 0 aromatic heterocycles. The molecule has 0 aliphatic carbocycles. The predicted molar refractivity (Wildman–Crippen MR) is 74.2 cm³/mol. The summed E-state index contributed by atoms with van der Waals surface area (Å²) in [6.45, 7) is 2.79. The molecule has 1 aromatic carbocycles. The molecule has 0 radical (unpaired) electrons. The van der Waals surface area contributed by atoms with Crippen molar-refractivity contribution >= 4 is 29.7 Å². The number of halogens is 1. The number of nitrogens with one attached hydrogen (secondary N) is 1. The molecule has 0 atom stereocenters. The average Bonchev–Trinajstić information content (AvgIpc) is 2.29. The fraction of sp³-hybridized carbons (Fsp3) is 0.417. The summed E-state index contributed by atoms with van der Waals surface area (Å²) in [7, 11) is 1.58. The highest BCUT2D eigenvalue weighted by Crippen LogP contribution is 2.17. The van der Waals surface area contributed by atoms with Crippen molar-refractivity contribution in [1.82, 2.24) is 0 Å². The first-order valence-corrected chi connectivity index (χ1v) is 5.36. The van der Waals surface area contributed by atoms with E-state index in [0.29, 0.717) is 24.6 Å². The monoisotopic (exact) mass is 274 g/mol. The van der Waals surface area contributed by atoms with E-state index in [9.17, 15) is 4.79 Å². The Morgan fingerprint density at radius 1 is 1.39 bits per heavy atom. The topological polar surface area (TPSA) is 73.6 Å². The van der Waals surface area contributed by atoms with Crippen LogP contribution in [0.3, 0.4) is 0 Å². The van der Waals surface area contributed by atoms with Gasteiger partial charge in [-0.3, -0.25) is 4.79 Å². The maximum atomic E-state index is 11.5. The molecule has 1 rings (SSSR count). The van der Waals surface area contributed by atoms with E-state index in [4.69, 9.17) is 15.2 Å². The minimum atomic E-state index is -0.199. The summed E-state index contributed by atoms with van der Waals surface area (Å²) in [4.78, 5) is 11.5. The molecular formula is C12H19ClN2O3. The van der Waals surface area contributed by atoms with Gasteiger partial charge in [0.2, 0.25) is 5.91 Å². The van der Waals surface area contributed by atoms with Gasteiger partial charge in [-0.05, 0) is 24.6 Å². The number of anilines is 2. The zero-order chi connectivity index (χ0) is 12.7. The Morgan fingerprint density at radius 2 is 2.11 bits per heavy atom. The van der Waals surface area contributed by atoms with Crippen molar-refractivity contribution in [2.45, 2.75) is 6.92 Å². The molecule has 0 spiro atoms. The molecule has 1 amide bonds. The van der Waals surface area contributed by atoms with Crippen LogP contribution < -0.4 is 11.1 Å². The lowest BCUT2D eigenvalue weighted by molar-refractivity contribution is -0.121. The van der Waals surface area contributed by atoms with Gasteiger partial charge in [-0.25, -0.2) is 0 Å². The SMILES string of the molecule is COCCOCC(=O)Nc1cc(N)ccc1C.Cl. The van der Waals surface area contributed by atoms with Gasteiger partial charge < -0.3 is 20.5 Å². The summed E-state index contributed by atoms with van der Waals surface area (Å²) in [6.07, 6.45) is 0. The fourth-order valence-corrected chi connectivity index (χ4v) is 1.27. The van der Waals surface area contributed by atoms with Crippen molar-refractivity contribution < 1.29 is 14.3 Å². The molecule has 0 aliphatic heterocycles. The van der Waals surface area contributed by atoms with Crippen molar-refractivity contribution in [3.63, 3.8) is 0 Å². The van der Waals surface area contributed by atoms with Gasteiger partial charge in [0.15, 0.2) is 0 Å². The number of nitrogen functional groups attached to an aromatic ring is 1. The smallest absolute Gasteiger partial charge is 0.250 e. The number of ether oxygens (including phenoxy) is 2. The van der Waals surface area contributed by atoms with Crippen molar-refractivity contribution in [1.29, 1.82) is 0 Å². The van der Waals surface area contributed by atoms with E-state index in [1.165, 1.54) is 0 Å². The second kappa shape index (κ2) is 8.74. The summed E-state index contributed by atoms with van der Waals surface area (Å²) >= 11 is 0. The molecule has 0 saturated heterocycles. The highest BCUT2D eigenvalue weighted by molar-refractivity contribution is 5.92. The van der Waals surface area contributed by atoms with Gasteiger partial charge in [0.05, 0.1) is 13.2 Å². The summed E-state index contributed by atoms with van der Waals surface area (Å²) < 4.78 is 9.91. The van der Waals surface area contributed by atoms with E-state index in [2.05, 4.69) is 5.32 Å². The lowest BCUT2D eigenvalue weighted by atomic mass is 10.2. The van der Waals surface area contributed by atoms with Crippen LogP contribution in [-0.2, 0) is 14.3 Å². The molecule has 0 aliphatic rings. The summed E-state index contributed by atoms with van der Waals surface area (Å²) in [5, 5.41) is 2.74. The quantitative estimate of drug-likeness (QED) is 0.610. The van der Waals surface area contributed by atoms with E-state index in [1.54, 1.807) is 19.2 Å². The van der Waals surface area contributed by atoms with Gasteiger partial charge in [0, 0.05) is 18.5 Å². The molecule has 102 valence electrons. The molecule has 0 heterocycles. The molecule has 5 nitrogen and oxygen atoms in total. The minimum Gasteiger partial charge on any atom is -0.399 e. The third kappa shape index (κ3) is 5.86. The molecule has 18 heavy (non-hydrogen) atoms. The van der Waals surface area contributed by atoms with Gasteiger partial charge in [0.25, 0.3) is 0 Å². The van der Waals surface area contributed by atoms with Crippen LogP contribution in [-0.4, -0.2) is 32.8 Å². The van der Waals surface area contributed by atoms with Crippen molar-refractivity contribution in [3.8, 4) is 0 Å². The Hall–Kier alpha value is -1.30. The number of aryl methyl sites for hydroxylation is 1. The number of hydrogen-bond donors (Lipinski definition) is 2. The summed E-state index contributed by atoms with van der Waals surface area (Å²) in [5.41, 5.74) is 7.94. The van der Waals surface area contributed by atoms with Gasteiger partial charge >= 0.3 is 0 Å². The van der Waals surface area contributed by atoms with E-state index in [1.807, 2.05) is 13.0 Å². The van der Waals surface area contributed by atoms with Crippen LogP contribution in [0.25, 0.3) is 0 Å². The molecule has 1 aromatic rings. The van der Waals surface area contributed by atoms with Crippen LogP contribution in [0.15, 0.2) is 18.2 Å². The number of carbonyl (C=O) groups is 1. The third-order valence-corrected chi connectivity index (χ3v) is 2.20. The van der Waals surface area contributed by atoms with Crippen molar-refractivity contribution in [3.05, 3.63) is 23.8 Å². The zero-order valence-electron chi connectivity index (χ0n) is 10.6. The van der Waals surface area contributed by atoms with Crippen LogP contribution in [0.4, 0.5) is 11.4 Å². The standard InChI is InChI=1S/C12H18N2O3.ClH/c1-9-3-4-10(13)7-11(9)14-12(15)8-17-6-5-16-2;/h3-4,7H,5-6,8,13H2,1-2H3,(H,14,15);1H.